The molecule has 2 aliphatic rings. The summed E-state index contributed by atoms with van der Waals surface area (Å²) in [4.78, 5) is 34.0. The van der Waals surface area contributed by atoms with Gasteiger partial charge in [-0.1, -0.05) is 11.6 Å². The number of piperidine rings is 1. The van der Waals surface area contributed by atoms with Gasteiger partial charge in [0.2, 0.25) is 0 Å². The second-order valence-corrected chi connectivity index (χ2v) is 9.20. The van der Waals surface area contributed by atoms with Crippen molar-refractivity contribution >= 4 is 34.9 Å². The molecule has 1 atom stereocenters. The summed E-state index contributed by atoms with van der Waals surface area (Å²) in [5.74, 6) is -0.458. The molecule has 1 N–H and O–H groups in total. The van der Waals surface area contributed by atoms with Crippen molar-refractivity contribution in [1.29, 1.82) is 0 Å². The van der Waals surface area contributed by atoms with Gasteiger partial charge in [-0.3, -0.25) is 9.78 Å². The maximum atomic E-state index is 14.2. The number of benzene rings is 1. The number of aryl methyl sites for hydroxylation is 1. The van der Waals surface area contributed by atoms with Crippen molar-refractivity contribution in [1.82, 2.24) is 20.1 Å². The quantitative estimate of drug-likeness (QED) is 0.741. The largest absolute Gasteiger partial charge is 0.336 e. The molecular formula is C21H24ClFN4O2S. The van der Waals surface area contributed by atoms with E-state index in [9.17, 15) is 14.0 Å². The zero-order valence-electron chi connectivity index (χ0n) is 16.7. The van der Waals surface area contributed by atoms with Crippen LogP contribution >= 0.6 is 22.9 Å². The first kappa shape index (κ1) is 21.1. The van der Waals surface area contributed by atoms with Gasteiger partial charge in [0.1, 0.15) is 10.7 Å². The van der Waals surface area contributed by atoms with Crippen LogP contribution < -0.4 is 5.32 Å². The van der Waals surface area contributed by atoms with Crippen molar-refractivity contribution in [2.24, 2.45) is 0 Å². The summed E-state index contributed by atoms with van der Waals surface area (Å²) in [5, 5.41) is 3.24. The Morgan fingerprint density at radius 2 is 2.13 bits per heavy atom. The second-order valence-electron chi connectivity index (χ2n) is 7.90. The lowest BCUT2D eigenvalue weighted by atomic mass is 10.0. The maximum Gasteiger partial charge on any atom is 0.318 e. The van der Waals surface area contributed by atoms with Crippen LogP contribution in [0.3, 0.4) is 0 Å². The normalized spacial score (nSPS) is 18.9. The van der Waals surface area contributed by atoms with Gasteiger partial charge in [0.05, 0.1) is 17.7 Å². The average Bonchev–Trinajstić information content (AvgIpc) is 3.40. The van der Waals surface area contributed by atoms with Gasteiger partial charge in [-0.05, 0) is 50.3 Å². The fourth-order valence-corrected chi connectivity index (χ4v) is 4.68. The number of likely N-dealkylation sites (tertiary alicyclic amines) is 1. The SMILES string of the molecule is Cc1cc(CNC(=O)N(C2CC2)[C@@H]2CCCN(C(=O)c3cncs3)C2)c(F)cc1Cl. The van der Waals surface area contributed by atoms with Crippen LogP contribution in [0.2, 0.25) is 5.02 Å². The number of amides is 3. The molecule has 6 nitrogen and oxygen atoms in total. The minimum Gasteiger partial charge on any atom is -0.336 e. The van der Waals surface area contributed by atoms with Crippen molar-refractivity contribution in [2.45, 2.75) is 51.2 Å². The van der Waals surface area contributed by atoms with E-state index in [2.05, 4.69) is 10.3 Å². The lowest BCUT2D eigenvalue weighted by Gasteiger charge is -2.39. The highest BCUT2D eigenvalue weighted by Crippen LogP contribution is 2.32. The molecular weight excluding hydrogens is 427 g/mol. The summed E-state index contributed by atoms with van der Waals surface area (Å²) >= 11 is 7.28. The third-order valence-electron chi connectivity index (χ3n) is 5.65. The predicted molar refractivity (Wildman–Crippen MR) is 114 cm³/mol. The number of nitrogens with zero attached hydrogens (tertiary/aromatic N) is 3. The zero-order chi connectivity index (χ0) is 21.3. The average molecular weight is 451 g/mol. The molecule has 1 saturated heterocycles. The molecule has 30 heavy (non-hydrogen) atoms. The van der Waals surface area contributed by atoms with Gasteiger partial charge in [0, 0.05) is 36.3 Å². The molecule has 160 valence electrons. The number of thiazole rings is 1. The van der Waals surface area contributed by atoms with E-state index < -0.39 is 5.82 Å². The van der Waals surface area contributed by atoms with E-state index in [1.807, 2.05) is 9.80 Å². The molecule has 1 aromatic heterocycles. The molecule has 0 radical (unpaired) electrons. The molecule has 0 bridgehead atoms. The Labute approximate surface area is 184 Å². The van der Waals surface area contributed by atoms with Gasteiger partial charge >= 0.3 is 6.03 Å². The Balaban J connectivity index is 1.42. The summed E-state index contributed by atoms with van der Waals surface area (Å²) in [6, 6.07) is 2.88. The third kappa shape index (κ3) is 4.59. The van der Waals surface area contributed by atoms with Crippen LogP contribution in [0.25, 0.3) is 0 Å². The van der Waals surface area contributed by atoms with Crippen molar-refractivity contribution in [3.8, 4) is 0 Å². The number of aromatic nitrogens is 1. The number of nitrogens with one attached hydrogen (secondary N) is 1. The number of carbonyl (C=O) groups excluding carboxylic acids is 2. The third-order valence-corrected chi connectivity index (χ3v) is 6.82. The first-order chi connectivity index (χ1) is 14.4. The van der Waals surface area contributed by atoms with Crippen LogP contribution in [0, 0.1) is 12.7 Å². The topological polar surface area (TPSA) is 65.5 Å². The van der Waals surface area contributed by atoms with E-state index in [4.69, 9.17) is 11.6 Å². The van der Waals surface area contributed by atoms with Gasteiger partial charge in [-0.2, -0.15) is 0 Å². The fraction of sp³-hybridized carbons (Fsp3) is 0.476. The lowest BCUT2D eigenvalue weighted by Crippen LogP contribution is -2.54. The summed E-state index contributed by atoms with van der Waals surface area (Å²) in [6.45, 7) is 3.10. The number of hydrogen-bond donors (Lipinski definition) is 1. The molecule has 0 unspecified atom stereocenters. The smallest absolute Gasteiger partial charge is 0.318 e. The van der Waals surface area contributed by atoms with Gasteiger partial charge < -0.3 is 15.1 Å². The monoisotopic (exact) mass is 450 g/mol. The predicted octanol–water partition coefficient (Wildman–Crippen LogP) is 4.22. The maximum absolute atomic E-state index is 14.2. The Bertz CT molecular complexity index is 935. The second kappa shape index (κ2) is 8.89. The van der Waals surface area contributed by atoms with Crippen molar-refractivity contribution in [2.75, 3.05) is 13.1 Å². The van der Waals surface area contributed by atoms with E-state index in [1.54, 1.807) is 24.7 Å². The van der Waals surface area contributed by atoms with Crippen LogP contribution in [0.1, 0.15) is 46.5 Å². The Kier molecular flexibility index (Phi) is 6.24. The van der Waals surface area contributed by atoms with Crippen LogP contribution in [-0.4, -0.2) is 51.9 Å². The number of carbonyl (C=O) groups is 2. The minimum absolute atomic E-state index is 0.0305. The molecule has 1 saturated carbocycles. The van der Waals surface area contributed by atoms with E-state index in [1.165, 1.54) is 17.4 Å². The van der Waals surface area contributed by atoms with Crippen LogP contribution in [-0.2, 0) is 6.54 Å². The standard InChI is InChI=1S/C21H24ClFN4O2S/c1-13-7-14(18(23)8-17(13)22)9-25-21(29)27(15-4-5-15)16-3-2-6-26(11-16)20(28)19-10-24-12-30-19/h7-8,10,12,15-16H,2-6,9,11H2,1H3,(H,25,29)/t16-/m1/s1. The van der Waals surface area contributed by atoms with Gasteiger partial charge in [0.25, 0.3) is 5.91 Å². The van der Waals surface area contributed by atoms with Crippen molar-refractivity contribution < 1.29 is 14.0 Å². The molecule has 2 fully saturated rings. The van der Waals surface area contributed by atoms with E-state index in [0.29, 0.717) is 28.6 Å². The van der Waals surface area contributed by atoms with E-state index in [0.717, 1.165) is 31.2 Å². The molecule has 3 amide bonds. The van der Waals surface area contributed by atoms with Gasteiger partial charge in [0.15, 0.2) is 0 Å². The summed E-state index contributed by atoms with van der Waals surface area (Å²) in [7, 11) is 0. The Morgan fingerprint density at radius 3 is 2.83 bits per heavy atom. The van der Waals surface area contributed by atoms with Crippen molar-refractivity contribution in [3.63, 3.8) is 0 Å². The summed E-state index contributed by atoms with van der Waals surface area (Å²) in [6.07, 6.45) is 5.20. The molecule has 0 spiro atoms. The Morgan fingerprint density at radius 1 is 1.33 bits per heavy atom. The molecule has 2 heterocycles. The number of rotatable bonds is 5. The molecule has 1 aromatic carbocycles. The first-order valence-electron chi connectivity index (χ1n) is 10.1. The van der Waals surface area contributed by atoms with Crippen molar-refractivity contribution in [3.05, 3.63) is 50.7 Å². The minimum atomic E-state index is -0.428. The number of hydrogen-bond acceptors (Lipinski definition) is 4. The summed E-state index contributed by atoms with van der Waals surface area (Å²) < 4.78 is 14.2. The number of halogens is 2. The highest BCUT2D eigenvalue weighted by molar-refractivity contribution is 7.11. The highest BCUT2D eigenvalue weighted by atomic mass is 35.5. The molecule has 2 aromatic rings. The number of urea groups is 1. The molecule has 1 aliphatic carbocycles. The van der Waals surface area contributed by atoms with E-state index >= 15 is 0 Å². The van der Waals surface area contributed by atoms with Crippen LogP contribution in [0.15, 0.2) is 23.8 Å². The zero-order valence-corrected chi connectivity index (χ0v) is 18.3. The summed E-state index contributed by atoms with van der Waals surface area (Å²) in [5.41, 5.74) is 2.83. The van der Waals surface area contributed by atoms with E-state index in [-0.39, 0.29) is 30.6 Å². The fourth-order valence-electron chi connectivity index (χ4n) is 3.94. The molecule has 1 aliphatic heterocycles. The van der Waals surface area contributed by atoms with Crippen LogP contribution in [0.5, 0.6) is 0 Å². The highest BCUT2D eigenvalue weighted by Gasteiger charge is 2.40. The van der Waals surface area contributed by atoms with Gasteiger partial charge in [-0.15, -0.1) is 11.3 Å². The molecule has 4 rings (SSSR count). The lowest BCUT2D eigenvalue weighted by molar-refractivity contribution is 0.0609. The Hall–Kier alpha value is -2.19. The van der Waals surface area contributed by atoms with Crippen LogP contribution in [0.4, 0.5) is 9.18 Å². The molecule has 9 heteroatoms. The van der Waals surface area contributed by atoms with Gasteiger partial charge in [-0.25, -0.2) is 9.18 Å². The first-order valence-corrected chi connectivity index (χ1v) is 11.4.